The molecule has 1 saturated heterocycles. The van der Waals surface area contributed by atoms with E-state index in [1.165, 1.54) is 0 Å². The molecule has 0 aromatic rings. The highest BCUT2D eigenvalue weighted by atomic mass is 16.6. The fourth-order valence-electron chi connectivity index (χ4n) is 2.81. The Bertz CT molecular complexity index is 339. The minimum atomic E-state index is -0.185. The number of hydrogen-bond acceptors (Lipinski definition) is 3. The number of carbonyl (C=O) groups is 2. The zero-order valence-corrected chi connectivity index (χ0v) is 9.86. The minimum absolute atomic E-state index is 0.0505. The first-order valence-electron chi connectivity index (χ1n) is 5.96. The average molecular weight is 222 g/mol. The molecule has 0 aromatic carbocycles. The van der Waals surface area contributed by atoms with Gasteiger partial charge in [0.25, 0.3) is 0 Å². The van der Waals surface area contributed by atoms with E-state index in [4.69, 9.17) is 4.74 Å². The quantitative estimate of drug-likeness (QED) is 0.543. The van der Waals surface area contributed by atoms with Crippen LogP contribution in [0.15, 0.2) is 11.6 Å². The summed E-state index contributed by atoms with van der Waals surface area (Å²) in [5.41, 5.74) is 0.985. The summed E-state index contributed by atoms with van der Waals surface area (Å²) in [6.07, 6.45) is 5.17. The van der Waals surface area contributed by atoms with Crippen LogP contribution in [-0.4, -0.2) is 17.9 Å². The van der Waals surface area contributed by atoms with E-state index in [2.05, 4.69) is 0 Å². The second-order valence-electron chi connectivity index (χ2n) is 5.07. The van der Waals surface area contributed by atoms with Gasteiger partial charge in [-0.3, -0.25) is 9.59 Å². The van der Waals surface area contributed by atoms with Gasteiger partial charge in [0.15, 0.2) is 5.78 Å². The highest BCUT2D eigenvalue weighted by Crippen LogP contribution is 2.41. The number of hydrogen-bond donors (Lipinski definition) is 0. The summed E-state index contributed by atoms with van der Waals surface area (Å²) >= 11 is 0. The molecule has 0 unspecified atom stereocenters. The van der Waals surface area contributed by atoms with Gasteiger partial charge in [0.05, 0.1) is 5.92 Å². The lowest BCUT2D eigenvalue weighted by Gasteiger charge is -2.11. The summed E-state index contributed by atoms with van der Waals surface area (Å²) in [6.45, 7) is 3.78. The number of esters is 1. The maximum absolute atomic E-state index is 11.7. The maximum atomic E-state index is 11.7. The molecule has 2 rings (SSSR count). The second-order valence-corrected chi connectivity index (χ2v) is 5.07. The summed E-state index contributed by atoms with van der Waals surface area (Å²) in [5.74, 6) is -0.00248. The van der Waals surface area contributed by atoms with Crippen molar-refractivity contribution in [2.45, 2.75) is 45.6 Å². The molecule has 3 atom stereocenters. The molecular formula is C13H18O3. The molecule has 0 bridgehead atoms. The summed E-state index contributed by atoms with van der Waals surface area (Å²) < 4.78 is 5.29. The zero-order chi connectivity index (χ0) is 11.7. The third kappa shape index (κ3) is 2.18. The van der Waals surface area contributed by atoms with Crippen LogP contribution < -0.4 is 0 Å². The van der Waals surface area contributed by atoms with Crippen molar-refractivity contribution in [2.24, 2.45) is 11.8 Å². The van der Waals surface area contributed by atoms with Gasteiger partial charge >= 0.3 is 5.97 Å². The average Bonchev–Trinajstić information content (AvgIpc) is 2.69. The minimum Gasteiger partial charge on any atom is -0.462 e. The predicted octanol–water partition coefficient (Wildman–Crippen LogP) is 2.25. The van der Waals surface area contributed by atoms with Crippen molar-refractivity contribution in [1.82, 2.24) is 0 Å². The molecule has 2 aliphatic rings. The Morgan fingerprint density at radius 2 is 2.19 bits per heavy atom. The van der Waals surface area contributed by atoms with Gasteiger partial charge in [0.1, 0.15) is 6.10 Å². The van der Waals surface area contributed by atoms with Crippen LogP contribution in [0.4, 0.5) is 0 Å². The summed E-state index contributed by atoms with van der Waals surface area (Å²) in [7, 11) is 0. The van der Waals surface area contributed by atoms with Gasteiger partial charge in [0, 0.05) is 12.3 Å². The fourth-order valence-corrected chi connectivity index (χ4v) is 2.81. The predicted molar refractivity (Wildman–Crippen MR) is 59.8 cm³/mol. The Morgan fingerprint density at radius 1 is 1.44 bits per heavy atom. The summed E-state index contributed by atoms with van der Waals surface area (Å²) in [5, 5.41) is 0. The molecule has 1 heterocycles. The number of carbonyl (C=O) groups excluding carboxylic acids is 2. The first kappa shape index (κ1) is 11.4. The molecule has 3 nitrogen and oxygen atoms in total. The van der Waals surface area contributed by atoms with E-state index in [1.54, 1.807) is 6.08 Å². The molecule has 1 aliphatic heterocycles. The molecule has 88 valence electrons. The molecule has 0 spiro atoms. The molecule has 16 heavy (non-hydrogen) atoms. The van der Waals surface area contributed by atoms with Crippen molar-refractivity contribution in [3.63, 3.8) is 0 Å². The zero-order valence-electron chi connectivity index (χ0n) is 9.86. The van der Waals surface area contributed by atoms with Gasteiger partial charge < -0.3 is 4.74 Å². The second kappa shape index (κ2) is 4.40. The van der Waals surface area contributed by atoms with E-state index in [9.17, 15) is 9.59 Å². The van der Waals surface area contributed by atoms with E-state index >= 15 is 0 Å². The monoisotopic (exact) mass is 222 g/mol. The third-order valence-corrected chi connectivity index (χ3v) is 3.46. The van der Waals surface area contributed by atoms with Gasteiger partial charge in [-0.15, -0.1) is 0 Å². The number of ketones is 1. The smallest absolute Gasteiger partial charge is 0.310 e. The van der Waals surface area contributed by atoms with Crippen LogP contribution in [0.3, 0.4) is 0 Å². The topological polar surface area (TPSA) is 43.4 Å². The molecule has 1 aliphatic carbocycles. The van der Waals surface area contributed by atoms with Crippen LogP contribution in [0.1, 0.15) is 39.5 Å². The van der Waals surface area contributed by atoms with Crippen molar-refractivity contribution in [1.29, 1.82) is 0 Å². The van der Waals surface area contributed by atoms with Crippen LogP contribution in [0, 0.1) is 11.8 Å². The summed E-state index contributed by atoms with van der Waals surface area (Å²) in [6, 6.07) is 0. The SMILES string of the molecule is CC(C)=CC(=O)C[C@@H]1C(=O)O[C@H]2CCC[C@@H]21. The number of rotatable bonds is 3. The van der Waals surface area contributed by atoms with Crippen molar-refractivity contribution in [2.75, 3.05) is 0 Å². The van der Waals surface area contributed by atoms with E-state index in [0.717, 1.165) is 24.8 Å². The number of ether oxygens (including phenoxy) is 1. The lowest BCUT2D eigenvalue weighted by Crippen LogP contribution is -2.19. The molecule has 0 N–H and O–H groups in total. The van der Waals surface area contributed by atoms with Crippen LogP contribution in [0.25, 0.3) is 0 Å². The Hall–Kier alpha value is -1.12. The molecular weight excluding hydrogens is 204 g/mol. The van der Waals surface area contributed by atoms with E-state index < -0.39 is 0 Å². The standard InChI is InChI=1S/C13H18O3/c1-8(2)6-9(14)7-11-10-4-3-5-12(10)16-13(11)15/h6,10-12H,3-5,7H2,1-2H3/t10-,11+,12+/m1/s1. The molecule has 0 amide bonds. The number of fused-ring (bicyclic) bond motifs is 1. The molecule has 0 aromatic heterocycles. The van der Waals surface area contributed by atoms with Crippen LogP contribution in [0.2, 0.25) is 0 Å². The molecule has 2 fully saturated rings. The van der Waals surface area contributed by atoms with Gasteiger partial charge in [-0.05, 0) is 39.2 Å². The van der Waals surface area contributed by atoms with Crippen LogP contribution >= 0.6 is 0 Å². The normalized spacial score (nSPS) is 32.1. The van der Waals surface area contributed by atoms with Gasteiger partial charge in [-0.25, -0.2) is 0 Å². The molecule has 0 radical (unpaired) electrons. The largest absolute Gasteiger partial charge is 0.462 e. The fraction of sp³-hybridized carbons (Fsp3) is 0.692. The summed E-state index contributed by atoms with van der Waals surface area (Å²) in [4.78, 5) is 23.3. The third-order valence-electron chi connectivity index (χ3n) is 3.46. The van der Waals surface area contributed by atoms with Crippen molar-refractivity contribution in [3.05, 3.63) is 11.6 Å². The Balaban J connectivity index is 2.01. The van der Waals surface area contributed by atoms with Crippen molar-refractivity contribution >= 4 is 11.8 Å². The van der Waals surface area contributed by atoms with E-state index in [1.807, 2.05) is 13.8 Å². The Labute approximate surface area is 95.9 Å². The van der Waals surface area contributed by atoms with Crippen LogP contribution in [-0.2, 0) is 14.3 Å². The maximum Gasteiger partial charge on any atom is 0.310 e. The van der Waals surface area contributed by atoms with Crippen LogP contribution in [0.5, 0.6) is 0 Å². The van der Waals surface area contributed by atoms with E-state index in [-0.39, 0.29) is 23.8 Å². The van der Waals surface area contributed by atoms with E-state index in [0.29, 0.717) is 12.3 Å². The van der Waals surface area contributed by atoms with Crippen molar-refractivity contribution in [3.8, 4) is 0 Å². The Kier molecular flexibility index (Phi) is 3.13. The van der Waals surface area contributed by atoms with Gasteiger partial charge in [-0.2, -0.15) is 0 Å². The Morgan fingerprint density at radius 3 is 2.88 bits per heavy atom. The lowest BCUT2D eigenvalue weighted by molar-refractivity contribution is -0.145. The first-order chi connectivity index (χ1) is 7.58. The highest BCUT2D eigenvalue weighted by Gasteiger charge is 2.47. The first-order valence-corrected chi connectivity index (χ1v) is 5.96. The van der Waals surface area contributed by atoms with Crippen molar-refractivity contribution < 1.29 is 14.3 Å². The molecule has 1 saturated carbocycles. The van der Waals surface area contributed by atoms with Gasteiger partial charge in [0.2, 0.25) is 0 Å². The van der Waals surface area contributed by atoms with Gasteiger partial charge in [-0.1, -0.05) is 5.57 Å². The highest BCUT2D eigenvalue weighted by molar-refractivity contribution is 5.93. The molecule has 3 heteroatoms. The number of allylic oxidation sites excluding steroid dienone is 2. The lowest BCUT2D eigenvalue weighted by atomic mass is 9.88.